The topological polar surface area (TPSA) is 87.2 Å². The van der Waals surface area contributed by atoms with Gasteiger partial charge in [0.2, 0.25) is 5.95 Å². The van der Waals surface area contributed by atoms with Crippen LogP contribution in [-0.2, 0) is 0 Å². The van der Waals surface area contributed by atoms with Crippen LogP contribution in [0.1, 0.15) is 16.1 Å². The van der Waals surface area contributed by atoms with Crippen LogP contribution >= 0.6 is 0 Å². The van der Waals surface area contributed by atoms with Crippen molar-refractivity contribution in [3.05, 3.63) is 78.3 Å². The molecule has 0 bridgehead atoms. The van der Waals surface area contributed by atoms with Gasteiger partial charge in [-0.3, -0.25) is 9.20 Å². The van der Waals surface area contributed by atoms with Crippen LogP contribution in [0.3, 0.4) is 0 Å². The highest BCUT2D eigenvalue weighted by Crippen LogP contribution is 2.20. The van der Waals surface area contributed by atoms with Gasteiger partial charge in [-0.1, -0.05) is 6.07 Å². The van der Waals surface area contributed by atoms with Gasteiger partial charge in [-0.15, -0.1) is 0 Å². The number of hydrogen-bond donors (Lipinski definition) is 0. The minimum absolute atomic E-state index is 0.190. The van der Waals surface area contributed by atoms with E-state index in [-0.39, 0.29) is 11.6 Å². The molecule has 8 heteroatoms. The van der Waals surface area contributed by atoms with Gasteiger partial charge in [0.25, 0.3) is 5.91 Å². The number of aromatic nitrogens is 4. The lowest BCUT2D eigenvalue weighted by Gasteiger charge is -2.17. The third-order valence-electron chi connectivity index (χ3n) is 4.28. The van der Waals surface area contributed by atoms with Crippen LogP contribution in [0.4, 0.5) is 10.1 Å². The highest BCUT2D eigenvalue weighted by Gasteiger charge is 2.17. The molecule has 3 heterocycles. The molecule has 4 rings (SSSR count). The number of rotatable bonds is 3. The van der Waals surface area contributed by atoms with E-state index >= 15 is 0 Å². The normalized spacial score (nSPS) is 10.6. The molecule has 0 aliphatic rings. The van der Waals surface area contributed by atoms with Gasteiger partial charge in [0.1, 0.15) is 5.69 Å². The number of benzene rings is 1. The number of carbonyl (C=O) groups excluding carboxylic acids is 1. The highest BCUT2D eigenvalue weighted by molar-refractivity contribution is 6.04. The van der Waals surface area contributed by atoms with E-state index in [0.29, 0.717) is 28.3 Å². The Bertz CT molecular complexity index is 1230. The van der Waals surface area contributed by atoms with Gasteiger partial charge in [0.05, 0.1) is 35.4 Å². The molecule has 1 amide bonds. The van der Waals surface area contributed by atoms with Crippen molar-refractivity contribution in [3.8, 4) is 17.5 Å². The maximum atomic E-state index is 13.5. The van der Waals surface area contributed by atoms with Crippen LogP contribution in [0, 0.1) is 17.3 Å². The zero-order chi connectivity index (χ0) is 19.7. The maximum Gasteiger partial charge on any atom is 0.278 e. The summed E-state index contributed by atoms with van der Waals surface area (Å²) in [5.41, 5.74) is 2.79. The van der Waals surface area contributed by atoms with Crippen molar-refractivity contribution in [2.45, 2.75) is 0 Å². The fourth-order valence-electron chi connectivity index (χ4n) is 2.79. The molecule has 4 aromatic rings. The first-order valence-electron chi connectivity index (χ1n) is 8.31. The van der Waals surface area contributed by atoms with E-state index in [9.17, 15) is 9.18 Å². The summed E-state index contributed by atoms with van der Waals surface area (Å²) in [4.78, 5) is 26.6. The van der Waals surface area contributed by atoms with Gasteiger partial charge in [-0.05, 0) is 36.4 Å². The smallest absolute Gasteiger partial charge is 0.278 e. The van der Waals surface area contributed by atoms with Crippen molar-refractivity contribution in [3.63, 3.8) is 0 Å². The van der Waals surface area contributed by atoms with E-state index in [0.717, 1.165) is 0 Å². The molecular weight excluding hydrogens is 359 g/mol. The first kappa shape index (κ1) is 17.3. The molecule has 0 aliphatic carbocycles. The molecule has 0 saturated carbocycles. The maximum absolute atomic E-state index is 13.5. The van der Waals surface area contributed by atoms with Crippen LogP contribution in [0.5, 0.6) is 0 Å². The van der Waals surface area contributed by atoms with Crippen LogP contribution < -0.4 is 4.90 Å². The Morgan fingerprint density at radius 1 is 1.14 bits per heavy atom. The highest BCUT2D eigenvalue weighted by atomic mass is 19.1. The largest absolute Gasteiger partial charge is 0.310 e. The summed E-state index contributed by atoms with van der Waals surface area (Å²) in [5.74, 6) is -0.934. The van der Waals surface area contributed by atoms with E-state index < -0.39 is 5.95 Å². The summed E-state index contributed by atoms with van der Waals surface area (Å²) in [5, 5.41) is 8.89. The molecule has 28 heavy (non-hydrogen) atoms. The number of fused-ring (bicyclic) bond motifs is 1. The molecule has 0 radical (unpaired) electrons. The van der Waals surface area contributed by atoms with Crippen molar-refractivity contribution in [1.29, 1.82) is 5.26 Å². The first-order chi connectivity index (χ1) is 13.6. The van der Waals surface area contributed by atoms with E-state index in [1.165, 1.54) is 17.2 Å². The zero-order valence-corrected chi connectivity index (χ0v) is 14.7. The SMILES string of the molecule is CN(C(=O)c1cn2c(-c3cccc(F)n3)cnc2cn1)c1ccc(C#N)cc1. The Labute approximate surface area is 159 Å². The Morgan fingerprint density at radius 3 is 2.64 bits per heavy atom. The summed E-state index contributed by atoms with van der Waals surface area (Å²) in [6, 6.07) is 13.2. The second kappa shape index (κ2) is 6.89. The second-order valence-electron chi connectivity index (χ2n) is 6.01. The molecule has 7 nitrogen and oxygen atoms in total. The lowest BCUT2D eigenvalue weighted by molar-refractivity contribution is 0.0988. The van der Waals surface area contributed by atoms with Crippen molar-refractivity contribution in [2.24, 2.45) is 0 Å². The number of amides is 1. The number of nitriles is 1. The first-order valence-corrected chi connectivity index (χ1v) is 8.31. The summed E-state index contributed by atoms with van der Waals surface area (Å²) >= 11 is 0. The average Bonchev–Trinajstić information content (AvgIpc) is 3.16. The zero-order valence-electron chi connectivity index (χ0n) is 14.7. The fraction of sp³-hybridized carbons (Fsp3) is 0.0500. The van der Waals surface area contributed by atoms with E-state index in [1.54, 1.807) is 60.2 Å². The molecular formula is C20H13FN6O. The van der Waals surface area contributed by atoms with Crippen LogP contribution in [-0.4, -0.2) is 32.3 Å². The summed E-state index contributed by atoms with van der Waals surface area (Å²) in [6.07, 6.45) is 4.58. The molecule has 0 atom stereocenters. The lowest BCUT2D eigenvalue weighted by Crippen LogP contribution is -2.27. The second-order valence-corrected chi connectivity index (χ2v) is 6.01. The minimum Gasteiger partial charge on any atom is -0.310 e. The Balaban J connectivity index is 1.71. The molecule has 0 spiro atoms. The molecule has 1 aromatic carbocycles. The molecule has 136 valence electrons. The minimum atomic E-state index is -0.599. The summed E-state index contributed by atoms with van der Waals surface area (Å²) in [6.45, 7) is 0. The van der Waals surface area contributed by atoms with Crippen LogP contribution in [0.15, 0.2) is 61.1 Å². The van der Waals surface area contributed by atoms with Gasteiger partial charge in [0.15, 0.2) is 5.65 Å². The average molecular weight is 372 g/mol. The Kier molecular flexibility index (Phi) is 4.26. The fourth-order valence-corrected chi connectivity index (χ4v) is 2.79. The molecule has 0 aliphatic heterocycles. The van der Waals surface area contributed by atoms with Crippen LogP contribution in [0.25, 0.3) is 17.0 Å². The number of halogens is 1. The molecule has 3 aromatic heterocycles. The van der Waals surface area contributed by atoms with Gasteiger partial charge >= 0.3 is 0 Å². The third-order valence-corrected chi connectivity index (χ3v) is 4.28. The number of imidazole rings is 1. The predicted molar refractivity (Wildman–Crippen MR) is 100 cm³/mol. The summed E-state index contributed by atoms with van der Waals surface area (Å²) in [7, 11) is 1.62. The van der Waals surface area contributed by atoms with Crippen LogP contribution in [0.2, 0.25) is 0 Å². The van der Waals surface area contributed by atoms with Gasteiger partial charge in [-0.25, -0.2) is 15.0 Å². The van der Waals surface area contributed by atoms with Crippen molar-refractivity contribution in [2.75, 3.05) is 11.9 Å². The van der Waals surface area contributed by atoms with E-state index in [1.807, 2.05) is 6.07 Å². The molecule has 0 N–H and O–H groups in total. The molecule has 0 fully saturated rings. The molecule has 0 unspecified atom stereocenters. The predicted octanol–water partition coefficient (Wildman–Crippen LogP) is 3.08. The van der Waals surface area contributed by atoms with E-state index in [4.69, 9.17) is 5.26 Å². The van der Waals surface area contributed by atoms with Gasteiger partial charge < -0.3 is 4.90 Å². The Hall–Kier alpha value is -4.12. The molecule has 0 saturated heterocycles. The quantitative estimate of drug-likeness (QED) is 0.516. The summed E-state index contributed by atoms with van der Waals surface area (Å²) < 4.78 is 15.1. The van der Waals surface area contributed by atoms with Gasteiger partial charge in [-0.2, -0.15) is 9.65 Å². The number of hydrogen-bond acceptors (Lipinski definition) is 5. The standard InChI is InChI=1S/C20H13FN6O/c1-26(14-7-5-13(9-22)6-8-14)20(28)16-12-27-17(10-24-19(27)11-23-16)15-3-2-4-18(21)25-15/h2-8,10-12H,1H3. The third kappa shape index (κ3) is 3.05. The number of nitrogens with zero attached hydrogens (tertiary/aromatic N) is 6. The Morgan fingerprint density at radius 2 is 1.93 bits per heavy atom. The lowest BCUT2D eigenvalue weighted by atomic mass is 10.2. The van der Waals surface area contributed by atoms with Gasteiger partial charge in [0, 0.05) is 18.9 Å². The number of carbonyl (C=O) groups is 1. The van der Waals surface area contributed by atoms with Crippen molar-refractivity contribution >= 4 is 17.2 Å². The monoisotopic (exact) mass is 372 g/mol. The number of anilines is 1. The van der Waals surface area contributed by atoms with Crippen molar-refractivity contribution in [1.82, 2.24) is 19.4 Å². The van der Waals surface area contributed by atoms with E-state index in [2.05, 4.69) is 15.0 Å². The van der Waals surface area contributed by atoms with Crippen molar-refractivity contribution < 1.29 is 9.18 Å². The number of pyridine rings is 1.